The maximum atomic E-state index is 12.0. The van der Waals surface area contributed by atoms with Crippen molar-refractivity contribution in [2.24, 2.45) is 0 Å². The third-order valence-electron chi connectivity index (χ3n) is 4.38. The van der Waals surface area contributed by atoms with Crippen molar-refractivity contribution in [2.45, 2.75) is 13.0 Å². The summed E-state index contributed by atoms with van der Waals surface area (Å²) in [6.45, 7) is 0.580. The fraction of sp³-hybridized carbons (Fsp3) is 0.238. The second-order valence-electron chi connectivity index (χ2n) is 6.36. The van der Waals surface area contributed by atoms with Gasteiger partial charge < -0.3 is 14.2 Å². The van der Waals surface area contributed by atoms with Gasteiger partial charge in [0.25, 0.3) is 0 Å². The molecule has 3 rings (SSSR count). The Kier molecular flexibility index (Phi) is 5.37. The number of nitrogens with zero attached hydrogens (tertiary/aromatic N) is 3. The van der Waals surface area contributed by atoms with Crippen molar-refractivity contribution in [2.75, 3.05) is 26.1 Å². The maximum absolute atomic E-state index is 12.0. The summed E-state index contributed by atoms with van der Waals surface area (Å²) in [5.74, 6) is 0.642. The molecule has 1 aromatic heterocycles. The fourth-order valence-corrected chi connectivity index (χ4v) is 2.90. The minimum Gasteiger partial charge on any atom is -0.465 e. The second kappa shape index (κ2) is 7.87. The number of carbonyl (C=O) groups is 1. The number of aromatic nitrogens is 2. The average Bonchev–Trinajstić information content (AvgIpc) is 3.08. The number of benzene rings is 2. The number of ether oxygens (including phenoxy) is 1. The summed E-state index contributed by atoms with van der Waals surface area (Å²) in [7, 11) is 5.46. The van der Waals surface area contributed by atoms with E-state index in [4.69, 9.17) is 4.74 Å². The fourth-order valence-electron chi connectivity index (χ4n) is 2.90. The van der Waals surface area contributed by atoms with Crippen LogP contribution >= 0.6 is 0 Å². The lowest BCUT2D eigenvalue weighted by Gasteiger charge is -2.13. The first-order valence-corrected chi connectivity index (χ1v) is 8.51. The molecule has 0 unspecified atom stereocenters. The zero-order chi connectivity index (χ0) is 18.5. The van der Waals surface area contributed by atoms with Gasteiger partial charge in [0, 0.05) is 45.1 Å². The van der Waals surface area contributed by atoms with Crippen LogP contribution in [0.3, 0.4) is 0 Å². The van der Waals surface area contributed by atoms with Gasteiger partial charge in [-0.2, -0.15) is 0 Å². The van der Waals surface area contributed by atoms with Crippen molar-refractivity contribution < 1.29 is 9.53 Å². The van der Waals surface area contributed by atoms with Crippen LogP contribution < -0.4 is 4.90 Å². The van der Waals surface area contributed by atoms with Gasteiger partial charge in [-0.1, -0.05) is 30.3 Å². The maximum Gasteiger partial charge on any atom is 0.338 e. The SMILES string of the molecule is COC(=O)c1ccccc1Cn1ccnc1Cc1ccc(N(C)C)cc1. The van der Waals surface area contributed by atoms with E-state index >= 15 is 0 Å². The monoisotopic (exact) mass is 349 g/mol. The minimum absolute atomic E-state index is 0.318. The molecular weight excluding hydrogens is 326 g/mol. The Morgan fingerprint density at radius 1 is 1.12 bits per heavy atom. The van der Waals surface area contributed by atoms with Gasteiger partial charge in [-0.25, -0.2) is 9.78 Å². The first-order chi connectivity index (χ1) is 12.6. The lowest BCUT2D eigenvalue weighted by Crippen LogP contribution is -2.11. The standard InChI is InChI=1S/C21H23N3O2/c1-23(2)18-10-8-16(9-11-18)14-20-22-12-13-24(20)15-17-6-4-5-7-19(17)21(25)26-3/h4-13H,14-15H2,1-3H3. The van der Waals surface area contributed by atoms with Gasteiger partial charge in [0.05, 0.1) is 12.7 Å². The molecule has 0 fully saturated rings. The molecule has 0 atom stereocenters. The van der Waals surface area contributed by atoms with Gasteiger partial charge in [0.1, 0.15) is 5.82 Å². The molecule has 26 heavy (non-hydrogen) atoms. The second-order valence-corrected chi connectivity index (χ2v) is 6.36. The number of imidazole rings is 1. The van der Waals surface area contributed by atoms with E-state index < -0.39 is 0 Å². The molecule has 0 N–H and O–H groups in total. The van der Waals surface area contributed by atoms with Gasteiger partial charge in [-0.15, -0.1) is 0 Å². The van der Waals surface area contributed by atoms with Gasteiger partial charge in [-0.3, -0.25) is 0 Å². The first-order valence-electron chi connectivity index (χ1n) is 8.51. The topological polar surface area (TPSA) is 47.4 Å². The molecule has 0 saturated heterocycles. The van der Waals surface area contributed by atoms with E-state index in [1.807, 2.05) is 38.5 Å². The molecule has 1 heterocycles. The molecular formula is C21H23N3O2. The number of anilines is 1. The lowest BCUT2D eigenvalue weighted by molar-refractivity contribution is 0.0599. The summed E-state index contributed by atoms with van der Waals surface area (Å²) < 4.78 is 6.96. The summed E-state index contributed by atoms with van der Waals surface area (Å²) in [5.41, 5.74) is 3.87. The summed E-state index contributed by atoms with van der Waals surface area (Å²) in [4.78, 5) is 18.5. The van der Waals surface area contributed by atoms with Crippen LogP contribution in [-0.4, -0.2) is 36.7 Å². The summed E-state index contributed by atoms with van der Waals surface area (Å²) in [6.07, 6.45) is 4.48. The number of methoxy groups -OCH3 is 1. The summed E-state index contributed by atoms with van der Waals surface area (Å²) >= 11 is 0. The number of carbonyl (C=O) groups excluding carboxylic acids is 1. The summed E-state index contributed by atoms with van der Waals surface area (Å²) in [5, 5.41) is 0. The highest BCUT2D eigenvalue weighted by atomic mass is 16.5. The summed E-state index contributed by atoms with van der Waals surface area (Å²) in [6, 6.07) is 16.0. The zero-order valence-electron chi connectivity index (χ0n) is 15.3. The molecule has 0 spiro atoms. The zero-order valence-corrected chi connectivity index (χ0v) is 15.3. The number of rotatable bonds is 6. The van der Waals surface area contributed by atoms with E-state index in [0.717, 1.165) is 17.8 Å². The largest absolute Gasteiger partial charge is 0.465 e. The molecule has 0 saturated carbocycles. The third kappa shape index (κ3) is 3.94. The molecule has 3 aromatic rings. The highest BCUT2D eigenvalue weighted by Gasteiger charge is 2.13. The van der Waals surface area contributed by atoms with Gasteiger partial charge >= 0.3 is 5.97 Å². The van der Waals surface area contributed by atoms with E-state index in [0.29, 0.717) is 12.1 Å². The number of esters is 1. The molecule has 0 aliphatic rings. The van der Waals surface area contributed by atoms with Gasteiger partial charge in [-0.05, 0) is 29.3 Å². The van der Waals surface area contributed by atoms with Crippen LogP contribution in [0.4, 0.5) is 5.69 Å². The van der Waals surface area contributed by atoms with Crippen LogP contribution in [0.25, 0.3) is 0 Å². The van der Waals surface area contributed by atoms with Crippen molar-refractivity contribution in [1.29, 1.82) is 0 Å². The highest BCUT2D eigenvalue weighted by Crippen LogP contribution is 2.17. The molecule has 0 aliphatic heterocycles. The van der Waals surface area contributed by atoms with Crippen molar-refractivity contribution in [3.8, 4) is 0 Å². The molecule has 0 amide bonds. The van der Waals surface area contributed by atoms with Gasteiger partial charge in [0.2, 0.25) is 0 Å². The van der Waals surface area contributed by atoms with Gasteiger partial charge in [0.15, 0.2) is 0 Å². The van der Waals surface area contributed by atoms with Crippen LogP contribution in [0.1, 0.15) is 27.3 Å². The predicted molar refractivity (Wildman–Crippen MR) is 103 cm³/mol. The Labute approximate surface area is 153 Å². The molecule has 5 nitrogen and oxygen atoms in total. The van der Waals surface area contributed by atoms with E-state index in [9.17, 15) is 4.79 Å². The van der Waals surface area contributed by atoms with Crippen LogP contribution in [0, 0.1) is 0 Å². The van der Waals surface area contributed by atoms with Crippen molar-refractivity contribution >= 4 is 11.7 Å². The Bertz CT molecular complexity index is 882. The molecule has 0 radical (unpaired) electrons. The normalized spacial score (nSPS) is 10.6. The Morgan fingerprint density at radius 3 is 2.54 bits per heavy atom. The number of hydrogen-bond acceptors (Lipinski definition) is 4. The average molecular weight is 349 g/mol. The van der Waals surface area contributed by atoms with Crippen LogP contribution in [0.15, 0.2) is 60.9 Å². The highest BCUT2D eigenvalue weighted by molar-refractivity contribution is 5.90. The molecule has 0 aliphatic carbocycles. The smallest absolute Gasteiger partial charge is 0.338 e. The van der Waals surface area contributed by atoms with Crippen LogP contribution in [0.2, 0.25) is 0 Å². The molecule has 134 valence electrons. The molecule has 2 aromatic carbocycles. The third-order valence-corrected chi connectivity index (χ3v) is 4.38. The number of hydrogen-bond donors (Lipinski definition) is 0. The van der Waals surface area contributed by atoms with E-state index in [-0.39, 0.29) is 5.97 Å². The Hall–Kier alpha value is -3.08. The lowest BCUT2D eigenvalue weighted by atomic mass is 10.1. The van der Waals surface area contributed by atoms with E-state index in [2.05, 4.69) is 38.7 Å². The predicted octanol–water partition coefficient (Wildman–Crippen LogP) is 3.37. The molecule has 5 heteroatoms. The van der Waals surface area contributed by atoms with Crippen molar-refractivity contribution in [1.82, 2.24) is 9.55 Å². The molecule has 0 bridgehead atoms. The minimum atomic E-state index is -0.318. The van der Waals surface area contributed by atoms with E-state index in [1.54, 1.807) is 12.3 Å². The quantitative estimate of drug-likeness (QED) is 0.640. The van der Waals surface area contributed by atoms with Crippen LogP contribution in [-0.2, 0) is 17.7 Å². The van der Waals surface area contributed by atoms with E-state index in [1.165, 1.54) is 18.4 Å². The Morgan fingerprint density at radius 2 is 1.85 bits per heavy atom. The first kappa shape index (κ1) is 17.7. The van der Waals surface area contributed by atoms with Crippen LogP contribution in [0.5, 0.6) is 0 Å². The van der Waals surface area contributed by atoms with Crippen molar-refractivity contribution in [3.05, 3.63) is 83.4 Å². The Balaban J connectivity index is 1.80. The van der Waals surface area contributed by atoms with Crippen molar-refractivity contribution in [3.63, 3.8) is 0 Å².